The van der Waals surface area contributed by atoms with Crippen molar-refractivity contribution in [1.29, 1.82) is 0 Å². The molecule has 4 amide bonds. The molecule has 5 rings (SSSR count). The van der Waals surface area contributed by atoms with E-state index in [2.05, 4.69) is 10.3 Å². The fourth-order valence-corrected chi connectivity index (χ4v) is 5.78. The van der Waals surface area contributed by atoms with Crippen molar-refractivity contribution in [2.24, 2.45) is 5.92 Å². The van der Waals surface area contributed by atoms with Crippen LogP contribution in [0.4, 0.5) is 4.79 Å². The Morgan fingerprint density at radius 3 is 2.63 bits per heavy atom. The van der Waals surface area contributed by atoms with Crippen LogP contribution in [0, 0.1) is 5.92 Å². The minimum absolute atomic E-state index is 0.00274. The second-order valence-electron chi connectivity index (χ2n) is 9.70. The SMILES string of the molecule is CCC[C@]1(C2CCN(C(=O)[C@@H]3Cc4ccccc4O3)CC2)NC(=O)N(CCc2ccccn2)C1=O. The van der Waals surface area contributed by atoms with Gasteiger partial charge in [0.15, 0.2) is 6.10 Å². The summed E-state index contributed by atoms with van der Waals surface area (Å²) in [6, 6.07) is 13.1. The number of nitrogens with one attached hydrogen (secondary N) is 1. The summed E-state index contributed by atoms with van der Waals surface area (Å²) in [5, 5.41) is 3.07. The second-order valence-corrected chi connectivity index (χ2v) is 9.70. The smallest absolute Gasteiger partial charge is 0.325 e. The lowest BCUT2D eigenvalue weighted by Crippen LogP contribution is -2.57. The molecule has 184 valence electrons. The van der Waals surface area contributed by atoms with Crippen molar-refractivity contribution in [3.05, 3.63) is 59.9 Å². The molecular weight excluding hydrogens is 444 g/mol. The minimum Gasteiger partial charge on any atom is -0.480 e. The number of para-hydroxylation sites is 1. The summed E-state index contributed by atoms with van der Waals surface area (Å²) in [7, 11) is 0. The predicted molar refractivity (Wildman–Crippen MR) is 130 cm³/mol. The summed E-state index contributed by atoms with van der Waals surface area (Å²) in [5.41, 5.74) is 1.02. The molecule has 2 atom stereocenters. The third kappa shape index (κ3) is 4.37. The molecule has 3 aliphatic rings. The van der Waals surface area contributed by atoms with Crippen LogP contribution in [0.5, 0.6) is 5.75 Å². The van der Waals surface area contributed by atoms with Gasteiger partial charge in [0.1, 0.15) is 11.3 Å². The van der Waals surface area contributed by atoms with E-state index in [1.54, 1.807) is 6.20 Å². The summed E-state index contributed by atoms with van der Waals surface area (Å²) >= 11 is 0. The molecule has 0 unspecified atom stereocenters. The molecule has 2 aromatic rings. The Bertz CT molecular complexity index is 1070. The number of aromatic nitrogens is 1. The summed E-state index contributed by atoms with van der Waals surface area (Å²) in [6.45, 7) is 3.46. The maximum absolute atomic E-state index is 13.6. The number of carbonyl (C=O) groups excluding carboxylic acids is 3. The predicted octanol–water partition coefficient (Wildman–Crippen LogP) is 2.96. The van der Waals surface area contributed by atoms with Crippen LogP contribution in [0.15, 0.2) is 48.7 Å². The first-order valence-corrected chi connectivity index (χ1v) is 12.6. The van der Waals surface area contributed by atoms with Gasteiger partial charge in [-0.25, -0.2) is 4.79 Å². The van der Waals surface area contributed by atoms with Crippen LogP contribution in [0.3, 0.4) is 0 Å². The van der Waals surface area contributed by atoms with Gasteiger partial charge < -0.3 is 15.0 Å². The van der Waals surface area contributed by atoms with E-state index in [1.165, 1.54) is 4.90 Å². The maximum Gasteiger partial charge on any atom is 0.325 e. The molecule has 1 N–H and O–H groups in total. The number of benzene rings is 1. The lowest BCUT2D eigenvalue weighted by Gasteiger charge is -2.41. The van der Waals surface area contributed by atoms with Crippen molar-refractivity contribution in [3.63, 3.8) is 0 Å². The number of hydrogen-bond acceptors (Lipinski definition) is 5. The number of fused-ring (bicyclic) bond motifs is 1. The van der Waals surface area contributed by atoms with Crippen LogP contribution in [0.25, 0.3) is 0 Å². The monoisotopic (exact) mass is 476 g/mol. The van der Waals surface area contributed by atoms with Crippen LogP contribution in [-0.2, 0) is 22.4 Å². The van der Waals surface area contributed by atoms with Crippen LogP contribution in [0.2, 0.25) is 0 Å². The largest absolute Gasteiger partial charge is 0.480 e. The number of amides is 4. The number of rotatable bonds is 7. The van der Waals surface area contributed by atoms with E-state index in [0.717, 1.165) is 23.4 Å². The highest BCUT2D eigenvalue weighted by Crippen LogP contribution is 2.38. The fraction of sp³-hybridized carbons (Fsp3) is 0.481. The molecule has 0 aliphatic carbocycles. The van der Waals surface area contributed by atoms with E-state index in [1.807, 2.05) is 54.3 Å². The van der Waals surface area contributed by atoms with Crippen molar-refractivity contribution < 1.29 is 19.1 Å². The Morgan fingerprint density at radius 1 is 1.14 bits per heavy atom. The second kappa shape index (κ2) is 9.68. The van der Waals surface area contributed by atoms with Gasteiger partial charge in [-0.05, 0) is 48.9 Å². The molecule has 3 aliphatic heterocycles. The number of urea groups is 1. The number of ether oxygens (including phenoxy) is 1. The van der Waals surface area contributed by atoms with Gasteiger partial charge in [-0.1, -0.05) is 37.6 Å². The molecule has 0 radical (unpaired) electrons. The van der Waals surface area contributed by atoms with E-state index in [0.29, 0.717) is 51.7 Å². The van der Waals surface area contributed by atoms with E-state index >= 15 is 0 Å². The van der Waals surface area contributed by atoms with Gasteiger partial charge in [0.2, 0.25) is 0 Å². The zero-order chi connectivity index (χ0) is 24.4. The van der Waals surface area contributed by atoms with Gasteiger partial charge in [0, 0.05) is 44.4 Å². The number of piperidine rings is 1. The third-order valence-corrected chi connectivity index (χ3v) is 7.59. The van der Waals surface area contributed by atoms with Crippen molar-refractivity contribution in [1.82, 2.24) is 20.1 Å². The van der Waals surface area contributed by atoms with Gasteiger partial charge in [0.05, 0.1) is 0 Å². The van der Waals surface area contributed by atoms with Crippen LogP contribution < -0.4 is 10.1 Å². The van der Waals surface area contributed by atoms with Gasteiger partial charge in [-0.3, -0.25) is 19.5 Å². The first-order valence-electron chi connectivity index (χ1n) is 12.6. The Hall–Kier alpha value is -3.42. The van der Waals surface area contributed by atoms with Gasteiger partial charge in [-0.15, -0.1) is 0 Å². The van der Waals surface area contributed by atoms with Gasteiger partial charge in [0.25, 0.3) is 11.8 Å². The zero-order valence-electron chi connectivity index (χ0n) is 20.1. The molecule has 2 fully saturated rings. The number of carbonyl (C=O) groups is 3. The van der Waals surface area contributed by atoms with E-state index < -0.39 is 11.6 Å². The lowest BCUT2D eigenvalue weighted by atomic mass is 9.74. The molecule has 1 aromatic carbocycles. The van der Waals surface area contributed by atoms with E-state index in [-0.39, 0.29) is 23.8 Å². The number of imide groups is 1. The summed E-state index contributed by atoms with van der Waals surface area (Å²) in [5.74, 6) is 0.639. The third-order valence-electron chi connectivity index (χ3n) is 7.59. The van der Waals surface area contributed by atoms with Crippen LogP contribution >= 0.6 is 0 Å². The van der Waals surface area contributed by atoms with Gasteiger partial charge in [-0.2, -0.15) is 0 Å². The summed E-state index contributed by atoms with van der Waals surface area (Å²) in [4.78, 5) is 47.2. The first kappa shape index (κ1) is 23.3. The average Bonchev–Trinajstić information content (AvgIpc) is 3.42. The topological polar surface area (TPSA) is 91.8 Å². The van der Waals surface area contributed by atoms with Crippen LogP contribution in [0.1, 0.15) is 43.9 Å². The highest BCUT2D eigenvalue weighted by Gasteiger charge is 2.55. The number of nitrogens with zero attached hydrogens (tertiary/aromatic N) is 3. The zero-order valence-corrected chi connectivity index (χ0v) is 20.1. The molecule has 0 bridgehead atoms. The molecular formula is C27H32N4O4. The highest BCUT2D eigenvalue weighted by atomic mass is 16.5. The minimum atomic E-state index is -0.898. The molecule has 2 saturated heterocycles. The normalized spacial score (nSPS) is 24.3. The highest BCUT2D eigenvalue weighted by molar-refractivity contribution is 6.07. The lowest BCUT2D eigenvalue weighted by molar-refractivity contribution is -0.140. The Kier molecular flexibility index (Phi) is 6.45. The number of likely N-dealkylation sites (tertiary alicyclic amines) is 1. The molecule has 35 heavy (non-hydrogen) atoms. The number of hydrogen-bond donors (Lipinski definition) is 1. The summed E-state index contributed by atoms with van der Waals surface area (Å²) in [6.07, 6.45) is 5.07. The quantitative estimate of drug-likeness (QED) is 0.621. The molecule has 0 spiro atoms. The average molecular weight is 477 g/mol. The number of pyridine rings is 1. The molecule has 8 heteroatoms. The Labute approximate surface area is 205 Å². The van der Waals surface area contributed by atoms with Crippen molar-refractivity contribution in [2.45, 2.75) is 57.1 Å². The van der Waals surface area contributed by atoms with Crippen molar-refractivity contribution >= 4 is 17.8 Å². The Morgan fingerprint density at radius 2 is 1.91 bits per heavy atom. The van der Waals surface area contributed by atoms with Crippen molar-refractivity contribution in [2.75, 3.05) is 19.6 Å². The molecule has 8 nitrogen and oxygen atoms in total. The molecule has 1 aromatic heterocycles. The van der Waals surface area contributed by atoms with E-state index in [9.17, 15) is 14.4 Å². The summed E-state index contributed by atoms with van der Waals surface area (Å²) < 4.78 is 5.90. The maximum atomic E-state index is 13.6. The Balaban J connectivity index is 1.23. The van der Waals surface area contributed by atoms with Crippen LogP contribution in [-0.4, -0.2) is 63.9 Å². The molecule has 4 heterocycles. The van der Waals surface area contributed by atoms with Crippen molar-refractivity contribution in [3.8, 4) is 5.75 Å². The first-order chi connectivity index (χ1) is 17.0. The fourth-order valence-electron chi connectivity index (χ4n) is 5.78. The van der Waals surface area contributed by atoms with E-state index in [4.69, 9.17) is 4.74 Å². The van der Waals surface area contributed by atoms with Gasteiger partial charge >= 0.3 is 6.03 Å². The molecule has 0 saturated carbocycles. The standard InChI is InChI=1S/C27H32N4O4/c1-2-13-27(25(33)31(26(34)29-27)17-12-21-8-5-6-14-28-21)20-10-15-30(16-11-20)24(32)23-18-19-7-3-4-9-22(19)35-23/h3-9,14,20,23H,2,10-13,15-18H2,1H3,(H,29,34)/t23-,27+/m0/s1.